The van der Waals surface area contributed by atoms with E-state index < -0.39 is 5.97 Å². The van der Waals surface area contributed by atoms with Gasteiger partial charge in [-0.2, -0.15) is 0 Å². The maximum absolute atomic E-state index is 11.9. The van der Waals surface area contributed by atoms with Crippen LogP contribution < -0.4 is 4.90 Å². The van der Waals surface area contributed by atoms with Gasteiger partial charge in [0, 0.05) is 18.7 Å². The van der Waals surface area contributed by atoms with Crippen molar-refractivity contribution in [3.63, 3.8) is 0 Å². The van der Waals surface area contributed by atoms with E-state index in [0.29, 0.717) is 6.42 Å². The number of carbonyl (C=O) groups excluding carboxylic acids is 1. The lowest BCUT2D eigenvalue weighted by atomic mass is 10.1. The van der Waals surface area contributed by atoms with Gasteiger partial charge in [-0.05, 0) is 30.5 Å². The Morgan fingerprint density at radius 1 is 1.15 bits per heavy atom. The average molecular weight is 277 g/mol. The van der Waals surface area contributed by atoms with Crippen LogP contribution >= 0.6 is 0 Å². The summed E-state index contributed by atoms with van der Waals surface area (Å²) < 4.78 is 0. The summed E-state index contributed by atoms with van der Waals surface area (Å²) in [5, 5.41) is 8.77. The van der Waals surface area contributed by atoms with Crippen molar-refractivity contribution in [2.75, 3.05) is 11.4 Å². The fourth-order valence-electron chi connectivity index (χ4n) is 2.02. The number of carboxylic acids is 1. The van der Waals surface area contributed by atoms with Crippen molar-refractivity contribution in [1.82, 2.24) is 0 Å². The number of rotatable bonds is 8. The van der Waals surface area contributed by atoms with Crippen LogP contribution in [0.25, 0.3) is 0 Å². The number of carbonyl (C=O) groups is 2. The molecule has 20 heavy (non-hydrogen) atoms. The Kier molecular flexibility index (Phi) is 6.77. The van der Waals surface area contributed by atoms with Crippen LogP contribution in [-0.2, 0) is 16.0 Å². The molecule has 0 aliphatic rings. The van der Waals surface area contributed by atoms with Gasteiger partial charge in [-0.15, -0.1) is 0 Å². The van der Waals surface area contributed by atoms with E-state index in [0.717, 1.165) is 24.9 Å². The van der Waals surface area contributed by atoms with Crippen LogP contribution in [0.2, 0.25) is 0 Å². The second-order valence-electron chi connectivity index (χ2n) is 4.81. The molecule has 1 aromatic rings. The minimum Gasteiger partial charge on any atom is -0.481 e. The summed E-state index contributed by atoms with van der Waals surface area (Å²) in [5.74, 6) is -0.939. The van der Waals surface area contributed by atoms with Crippen molar-refractivity contribution in [2.24, 2.45) is 0 Å². The maximum Gasteiger partial charge on any atom is 0.305 e. The van der Waals surface area contributed by atoms with Gasteiger partial charge in [0.05, 0.1) is 6.42 Å². The summed E-state index contributed by atoms with van der Waals surface area (Å²) in [6, 6.07) is 7.84. The first-order valence-electron chi connectivity index (χ1n) is 7.19. The number of nitrogens with zero attached hydrogens (tertiary/aromatic N) is 1. The molecule has 4 nitrogen and oxygen atoms in total. The molecule has 4 heteroatoms. The molecule has 110 valence electrons. The fraction of sp³-hybridized carbons (Fsp3) is 0.500. The molecule has 0 fully saturated rings. The molecular weight excluding hydrogens is 254 g/mol. The highest BCUT2D eigenvalue weighted by molar-refractivity contribution is 5.93. The molecule has 0 aliphatic carbocycles. The minimum absolute atomic E-state index is 0.0384. The van der Waals surface area contributed by atoms with Crippen molar-refractivity contribution in [1.29, 1.82) is 0 Å². The zero-order chi connectivity index (χ0) is 15.0. The molecule has 0 saturated carbocycles. The number of hydrogen-bond acceptors (Lipinski definition) is 2. The molecule has 0 spiro atoms. The van der Waals surface area contributed by atoms with E-state index in [4.69, 9.17) is 5.11 Å². The number of aliphatic carboxylic acids is 1. The third-order valence-electron chi connectivity index (χ3n) is 3.22. The SMILES string of the molecule is CCCCc1ccc(N(CCC(=O)O)C(=O)CC)cc1. The van der Waals surface area contributed by atoms with Crippen LogP contribution in [0.15, 0.2) is 24.3 Å². The lowest BCUT2D eigenvalue weighted by Gasteiger charge is -2.22. The topological polar surface area (TPSA) is 57.6 Å². The van der Waals surface area contributed by atoms with Crippen molar-refractivity contribution < 1.29 is 14.7 Å². The molecule has 0 atom stereocenters. The van der Waals surface area contributed by atoms with Gasteiger partial charge in [-0.1, -0.05) is 32.4 Å². The van der Waals surface area contributed by atoms with E-state index in [1.165, 1.54) is 5.56 Å². The summed E-state index contributed by atoms with van der Waals surface area (Å²) in [7, 11) is 0. The Balaban J connectivity index is 2.79. The lowest BCUT2D eigenvalue weighted by Crippen LogP contribution is -2.32. The molecule has 0 aliphatic heterocycles. The largest absolute Gasteiger partial charge is 0.481 e. The van der Waals surface area contributed by atoms with E-state index in [9.17, 15) is 9.59 Å². The van der Waals surface area contributed by atoms with Gasteiger partial charge < -0.3 is 10.0 Å². The number of benzene rings is 1. The van der Waals surface area contributed by atoms with Crippen LogP contribution in [0.3, 0.4) is 0 Å². The van der Waals surface area contributed by atoms with Crippen molar-refractivity contribution >= 4 is 17.6 Å². The Morgan fingerprint density at radius 2 is 1.80 bits per heavy atom. The van der Waals surface area contributed by atoms with Crippen LogP contribution in [0.5, 0.6) is 0 Å². The predicted molar refractivity (Wildman–Crippen MR) is 80.0 cm³/mol. The first-order chi connectivity index (χ1) is 9.58. The summed E-state index contributed by atoms with van der Waals surface area (Å²) in [6.45, 7) is 4.16. The summed E-state index contributed by atoms with van der Waals surface area (Å²) in [6.07, 6.45) is 3.67. The van der Waals surface area contributed by atoms with E-state index in [1.807, 2.05) is 24.3 Å². The lowest BCUT2D eigenvalue weighted by molar-refractivity contribution is -0.136. The zero-order valence-corrected chi connectivity index (χ0v) is 12.3. The van der Waals surface area contributed by atoms with Gasteiger partial charge in [0.25, 0.3) is 0 Å². The zero-order valence-electron chi connectivity index (χ0n) is 12.3. The first kappa shape index (κ1) is 16.2. The van der Waals surface area contributed by atoms with Crippen molar-refractivity contribution in [3.05, 3.63) is 29.8 Å². The van der Waals surface area contributed by atoms with E-state index in [-0.39, 0.29) is 18.9 Å². The monoisotopic (exact) mass is 277 g/mol. The third kappa shape index (κ3) is 5.03. The number of hydrogen-bond donors (Lipinski definition) is 1. The second-order valence-corrected chi connectivity index (χ2v) is 4.81. The number of carboxylic acid groups (broad SMARTS) is 1. The van der Waals surface area contributed by atoms with Crippen LogP contribution in [0, 0.1) is 0 Å². The molecular formula is C16H23NO3. The molecule has 0 heterocycles. The number of unbranched alkanes of at least 4 members (excludes halogenated alkanes) is 1. The summed E-state index contributed by atoms with van der Waals surface area (Å²) >= 11 is 0. The van der Waals surface area contributed by atoms with Crippen LogP contribution in [0.4, 0.5) is 5.69 Å². The molecule has 1 amide bonds. The normalized spacial score (nSPS) is 10.3. The number of aryl methyl sites for hydroxylation is 1. The Labute approximate surface area is 120 Å². The number of anilines is 1. The molecule has 0 saturated heterocycles. The molecule has 0 bridgehead atoms. The smallest absolute Gasteiger partial charge is 0.305 e. The van der Waals surface area contributed by atoms with Gasteiger partial charge in [0.15, 0.2) is 0 Å². The van der Waals surface area contributed by atoms with Gasteiger partial charge in [0.1, 0.15) is 0 Å². The number of amides is 1. The quantitative estimate of drug-likeness (QED) is 0.793. The standard InChI is InChI=1S/C16H23NO3/c1-3-5-6-13-7-9-14(10-8-13)17(15(18)4-2)12-11-16(19)20/h7-10H,3-6,11-12H2,1-2H3,(H,19,20). The van der Waals surface area contributed by atoms with Gasteiger partial charge >= 0.3 is 5.97 Å². The predicted octanol–water partition coefficient (Wildman–Crippen LogP) is 3.25. The molecule has 0 radical (unpaired) electrons. The fourth-order valence-corrected chi connectivity index (χ4v) is 2.02. The minimum atomic E-state index is -0.890. The van der Waals surface area contributed by atoms with Gasteiger partial charge in [-0.25, -0.2) is 0 Å². The van der Waals surface area contributed by atoms with Crippen LogP contribution in [0.1, 0.15) is 45.1 Å². The van der Waals surface area contributed by atoms with E-state index in [1.54, 1.807) is 11.8 Å². The molecule has 1 rings (SSSR count). The van der Waals surface area contributed by atoms with Gasteiger partial charge in [-0.3, -0.25) is 9.59 Å². The Bertz CT molecular complexity index is 440. The van der Waals surface area contributed by atoms with E-state index >= 15 is 0 Å². The highest BCUT2D eigenvalue weighted by atomic mass is 16.4. The summed E-state index contributed by atoms with van der Waals surface area (Å²) in [5.41, 5.74) is 2.02. The second kappa shape index (κ2) is 8.35. The maximum atomic E-state index is 11.9. The van der Waals surface area contributed by atoms with E-state index in [2.05, 4.69) is 6.92 Å². The first-order valence-corrected chi connectivity index (χ1v) is 7.19. The molecule has 1 N–H and O–H groups in total. The van der Waals surface area contributed by atoms with Crippen LogP contribution in [-0.4, -0.2) is 23.5 Å². The Morgan fingerprint density at radius 3 is 2.30 bits per heavy atom. The third-order valence-corrected chi connectivity index (χ3v) is 3.22. The average Bonchev–Trinajstić information content (AvgIpc) is 2.45. The molecule has 0 aromatic heterocycles. The van der Waals surface area contributed by atoms with Gasteiger partial charge in [0.2, 0.25) is 5.91 Å². The summed E-state index contributed by atoms with van der Waals surface area (Å²) in [4.78, 5) is 24.1. The molecule has 1 aromatic carbocycles. The van der Waals surface area contributed by atoms with Crippen molar-refractivity contribution in [2.45, 2.75) is 46.0 Å². The molecule has 0 unspecified atom stereocenters. The van der Waals surface area contributed by atoms with Crippen molar-refractivity contribution in [3.8, 4) is 0 Å². The highest BCUT2D eigenvalue weighted by Crippen LogP contribution is 2.18. The Hall–Kier alpha value is -1.84. The highest BCUT2D eigenvalue weighted by Gasteiger charge is 2.15.